The maximum absolute atomic E-state index is 12.8. The van der Waals surface area contributed by atoms with Crippen LogP contribution in [0.4, 0.5) is 24.5 Å². The van der Waals surface area contributed by atoms with Crippen molar-refractivity contribution in [2.75, 3.05) is 23.3 Å². The molecule has 1 saturated heterocycles. The second-order valence-corrected chi connectivity index (χ2v) is 7.11. The number of hydrogen-bond acceptors (Lipinski definition) is 4. The lowest BCUT2D eigenvalue weighted by Crippen LogP contribution is -2.38. The monoisotopic (exact) mass is 422 g/mol. The highest BCUT2D eigenvalue weighted by atomic mass is 19.4. The van der Waals surface area contributed by atoms with Gasteiger partial charge in [-0.05, 0) is 49.2 Å². The van der Waals surface area contributed by atoms with E-state index in [-0.39, 0.29) is 11.8 Å². The van der Waals surface area contributed by atoms with E-state index in [4.69, 9.17) is 5.73 Å². The second-order valence-electron chi connectivity index (χ2n) is 7.11. The number of primary amides is 1. The Hall–Kier alpha value is -3.30. The number of carbonyl (C=O) groups is 2. The van der Waals surface area contributed by atoms with Gasteiger partial charge >= 0.3 is 6.18 Å². The number of amides is 2. The molecule has 1 aliphatic heterocycles. The summed E-state index contributed by atoms with van der Waals surface area (Å²) in [4.78, 5) is 37.4. The van der Waals surface area contributed by atoms with Crippen molar-refractivity contribution in [1.29, 1.82) is 0 Å². The van der Waals surface area contributed by atoms with Crippen LogP contribution in [-0.4, -0.2) is 29.5 Å². The number of hydrogen-bond donors (Lipinski definition) is 2. The van der Waals surface area contributed by atoms with Crippen molar-refractivity contribution in [2.24, 2.45) is 11.7 Å². The standard InChI is InChI=1S/C20H21F3N4O3/c21-20(22,23)16-2-1-9-27(19(16)30)12-17(28)25-14-3-5-15(6-4-14)26-10-7-13(8-11-26)18(24)29/h1-6,9,13H,7-8,10-12H2,(H2,24,29)(H,25,28). The number of nitrogens with zero attached hydrogens (tertiary/aromatic N) is 2. The molecule has 0 aliphatic carbocycles. The van der Waals surface area contributed by atoms with E-state index in [2.05, 4.69) is 10.2 Å². The van der Waals surface area contributed by atoms with Gasteiger partial charge in [-0.3, -0.25) is 14.4 Å². The van der Waals surface area contributed by atoms with Crippen LogP contribution < -0.4 is 21.5 Å². The number of aromatic nitrogens is 1. The fourth-order valence-electron chi connectivity index (χ4n) is 3.41. The first-order valence-electron chi connectivity index (χ1n) is 9.36. The zero-order chi connectivity index (χ0) is 21.9. The normalized spacial score (nSPS) is 15.1. The first-order chi connectivity index (χ1) is 14.1. The molecule has 0 saturated carbocycles. The average molecular weight is 422 g/mol. The molecule has 0 unspecified atom stereocenters. The van der Waals surface area contributed by atoms with Gasteiger partial charge < -0.3 is 20.5 Å². The van der Waals surface area contributed by atoms with Gasteiger partial charge in [0, 0.05) is 36.6 Å². The molecule has 0 atom stereocenters. The molecule has 2 amide bonds. The molecule has 2 aromatic rings. The summed E-state index contributed by atoms with van der Waals surface area (Å²) in [7, 11) is 0. The number of benzene rings is 1. The van der Waals surface area contributed by atoms with Crippen LogP contribution in [0, 0.1) is 5.92 Å². The zero-order valence-electron chi connectivity index (χ0n) is 16.0. The Labute approximate surface area is 170 Å². The molecule has 0 bridgehead atoms. The van der Waals surface area contributed by atoms with E-state index >= 15 is 0 Å². The maximum atomic E-state index is 12.8. The lowest BCUT2D eigenvalue weighted by atomic mass is 9.96. The summed E-state index contributed by atoms with van der Waals surface area (Å²) < 4.78 is 39.2. The molecule has 1 fully saturated rings. The van der Waals surface area contributed by atoms with Gasteiger partial charge in [0.2, 0.25) is 11.8 Å². The highest BCUT2D eigenvalue weighted by molar-refractivity contribution is 5.90. The molecule has 1 aromatic heterocycles. The van der Waals surface area contributed by atoms with E-state index < -0.39 is 29.8 Å². The SMILES string of the molecule is NC(=O)C1CCN(c2ccc(NC(=O)Cn3cccc(C(F)(F)F)c3=O)cc2)CC1. The summed E-state index contributed by atoms with van der Waals surface area (Å²) in [5.41, 5.74) is 4.13. The Morgan fingerprint density at radius 1 is 1.10 bits per heavy atom. The molecule has 0 spiro atoms. The van der Waals surface area contributed by atoms with E-state index in [9.17, 15) is 27.6 Å². The lowest BCUT2D eigenvalue weighted by Gasteiger charge is -2.32. The summed E-state index contributed by atoms with van der Waals surface area (Å²) in [6.45, 7) is 0.848. The highest BCUT2D eigenvalue weighted by Gasteiger charge is 2.34. The van der Waals surface area contributed by atoms with Crippen LogP contribution in [0.5, 0.6) is 0 Å². The van der Waals surface area contributed by atoms with E-state index in [0.717, 1.165) is 22.5 Å². The number of pyridine rings is 1. The van der Waals surface area contributed by atoms with Crippen LogP contribution in [0.2, 0.25) is 0 Å². The molecule has 1 aliphatic rings. The van der Waals surface area contributed by atoms with Gasteiger partial charge in [0.25, 0.3) is 5.56 Å². The summed E-state index contributed by atoms with van der Waals surface area (Å²) >= 11 is 0. The molecule has 2 heterocycles. The third-order valence-corrected chi connectivity index (χ3v) is 5.05. The molecular formula is C20H21F3N4O3. The third-order valence-electron chi connectivity index (χ3n) is 5.05. The van der Waals surface area contributed by atoms with Gasteiger partial charge in [-0.2, -0.15) is 13.2 Å². The predicted molar refractivity (Wildman–Crippen MR) is 105 cm³/mol. The van der Waals surface area contributed by atoms with Gasteiger partial charge in [-0.1, -0.05) is 0 Å². The zero-order valence-corrected chi connectivity index (χ0v) is 16.0. The van der Waals surface area contributed by atoms with Crippen molar-refractivity contribution in [1.82, 2.24) is 4.57 Å². The topological polar surface area (TPSA) is 97.4 Å². The highest BCUT2D eigenvalue weighted by Crippen LogP contribution is 2.26. The Morgan fingerprint density at radius 2 is 1.73 bits per heavy atom. The number of rotatable bonds is 5. The summed E-state index contributed by atoms with van der Waals surface area (Å²) in [6.07, 6.45) is -2.28. The molecule has 0 radical (unpaired) electrons. The minimum Gasteiger partial charge on any atom is -0.371 e. The summed E-state index contributed by atoms with van der Waals surface area (Å²) in [6, 6.07) is 8.70. The Kier molecular flexibility index (Phi) is 6.14. The van der Waals surface area contributed by atoms with Gasteiger partial charge in [-0.25, -0.2) is 0 Å². The molecule has 3 N–H and O–H groups in total. The fraction of sp³-hybridized carbons (Fsp3) is 0.350. The number of nitrogens with one attached hydrogen (secondary N) is 1. The van der Waals surface area contributed by atoms with E-state index in [1.807, 2.05) is 0 Å². The molecule has 3 rings (SSSR count). The Bertz CT molecular complexity index is 978. The maximum Gasteiger partial charge on any atom is 0.421 e. The van der Waals surface area contributed by atoms with Gasteiger partial charge in [0.15, 0.2) is 0 Å². The van der Waals surface area contributed by atoms with Crippen molar-refractivity contribution in [3.8, 4) is 0 Å². The van der Waals surface area contributed by atoms with E-state index in [0.29, 0.717) is 37.7 Å². The van der Waals surface area contributed by atoms with Crippen LogP contribution in [0.15, 0.2) is 47.4 Å². The van der Waals surface area contributed by atoms with Crippen molar-refractivity contribution < 1.29 is 22.8 Å². The Morgan fingerprint density at radius 3 is 2.30 bits per heavy atom. The number of alkyl halides is 3. The number of piperidine rings is 1. The first-order valence-corrected chi connectivity index (χ1v) is 9.36. The van der Waals surface area contributed by atoms with Crippen molar-refractivity contribution in [3.63, 3.8) is 0 Å². The second kappa shape index (κ2) is 8.60. The summed E-state index contributed by atoms with van der Waals surface area (Å²) in [5, 5.41) is 2.57. The predicted octanol–water partition coefficient (Wildman–Crippen LogP) is 2.21. The van der Waals surface area contributed by atoms with E-state index in [1.165, 1.54) is 0 Å². The smallest absolute Gasteiger partial charge is 0.371 e. The summed E-state index contributed by atoms with van der Waals surface area (Å²) in [5.74, 6) is -1.02. The van der Waals surface area contributed by atoms with Crippen LogP contribution in [0.25, 0.3) is 0 Å². The first kappa shape index (κ1) is 21.4. The van der Waals surface area contributed by atoms with Crippen LogP contribution in [0.3, 0.4) is 0 Å². The molecule has 7 nitrogen and oxygen atoms in total. The quantitative estimate of drug-likeness (QED) is 0.772. The molecular weight excluding hydrogens is 401 g/mol. The van der Waals surface area contributed by atoms with Crippen LogP contribution in [0.1, 0.15) is 18.4 Å². The van der Waals surface area contributed by atoms with Crippen molar-refractivity contribution in [3.05, 3.63) is 58.5 Å². The van der Waals surface area contributed by atoms with Crippen LogP contribution in [-0.2, 0) is 22.3 Å². The van der Waals surface area contributed by atoms with Crippen molar-refractivity contribution >= 4 is 23.2 Å². The molecule has 10 heteroatoms. The lowest BCUT2D eigenvalue weighted by molar-refractivity contribution is -0.139. The molecule has 1 aromatic carbocycles. The van der Waals surface area contributed by atoms with E-state index in [1.54, 1.807) is 24.3 Å². The minimum absolute atomic E-state index is 0.112. The van der Waals surface area contributed by atoms with Crippen LogP contribution >= 0.6 is 0 Å². The van der Waals surface area contributed by atoms with Gasteiger partial charge in [-0.15, -0.1) is 0 Å². The molecule has 160 valence electrons. The van der Waals surface area contributed by atoms with Gasteiger partial charge in [0.1, 0.15) is 12.1 Å². The largest absolute Gasteiger partial charge is 0.421 e. The Balaban J connectivity index is 1.61. The number of nitrogens with two attached hydrogens (primary N) is 1. The fourth-order valence-corrected chi connectivity index (χ4v) is 3.41. The number of halogens is 3. The number of carbonyl (C=O) groups excluding carboxylic acids is 2. The number of anilines is 2. The van der Waals surface area contributed by atoms with Gasteiger partial charge in [0.05, 0.1) is 0 Å². The third kappa shape index (κ3) is 5.00. The van der Waals surface area contributed by atoms with Crippen molar-refractivity contribution in [2.45, 2.75) is 25.6 Å². The minimum atomic E-state index is -4.78. The average Bonchev–Trinajstić information content (AvgIpc) is 2.69. The molecule has 30 heavy (non-hydrogen) atoms.